The molecule has 2 rings (SSSR count). The van der Waals surface area contributed by atoms with Crippen molar-refractivity contribution in [2.24, 2.45) is 0 Å². The van der Waals surface area contributed by atoms with Crippen LogP contribution in [0.3, 0.4) is 0 Å². The predicted molar refractivity (Wildman–Crippen MR) is 76.7 cm³/mol. The van der Waals surface area contributed by atoms with Crippen LogP contribution in [0.15, 0.2) is 42.9 Å². The molecule has 0 unspecified atom stereocenters. The van der Waals surface area contributed by atoms with Crippen molar-refractivity contribution in [1.82, 2.24) is 14.5 Å². The topological polar surface area (TPSA) is 75.4 Å². The molecule has 0 aliphatic heterocycles. The number of rotatable bonds is 6. The van der Waals surface area contributed by atoms with Gasteiger partial charge in [0.2, 0.25) is 0 Å². The third kappa shape index (κ3) is 3.68. The molecule has 0 aliphatic carbocycles. The molecule has 2 heterocycles. The highest BCUT2D eigenvalue weighted by Gasteiger charge is 2.18. The predicted octanol–water partition coefficient (Wildman–Crippen LogP) is 1.63. The number of aliphatic carboxylic acids is 1. The molecule has 6 nitrogen and oxygen atoms in total. The molecule has 1 amide bonds. The van der Waals surface area contributed by atoms with Gasteiger partial charge in [0, 0.05) is 31.7 Å². The summed E-state index contributed by atoms with van der Waals surface area (Å²) in [6.45, 7) is 2.68. The Morgan fingerprint density at radius 1 is 1.29 bits per heavy atom. The lowest BCUT2D eigenvalue weighted by Crippen LogP contribution is -2.32. The molecule has 1 N–H and O–H groups in total. The Hall–Kier alpha value is -2.63. The van der Waals surface area contributed by atoms with Crippen LogP contribution in [0, 0.1) is 0 Å². The summed E-state index contributed by atoms with van der Waals surface area (Å²) < 4.78 is 1.44. The molecule has 2 aromatic rings. The van der Waals surface area contributed by atoms with Gasteiger partial charge in [-0.05, 0) is 36.8 Å². The number of amides is 1. The summed E-state index contributed by atoms with van der Waals surface area (Å²) in [6.07, 6.45) is 4.96. The number of carbonyl (C=O) groups is 2. The smallest absolute Gasteiger partial charge is 0.323 e. The van der Waals surface area contributed by atoms with Crippen LogP contribution >= 0.6 is 0 Å². The third-order valence-corrected chi connectivity index (χ3v) is 3.15. The van der Waals surface area contributed by atoms with Gasteiger partial charge < -0.3 is 14.6 Å². The number of hydrogen-bond donors (Lipinski definition) is 1. The summed E-state index contributed by atoms with van der Waals surface area (Å²) >= 11 is 0. The lowest BCUT2D eigenvalue weighted by molar-refractivity contribution is -0.137. The summed E-state index contributed by atoms with van der Waals surface area (Å²) in [7, 11) is 0. The first-order valence-corrected chi connectivity index (χ1v) is 6.67. The van der Waals surface area contributed by atoms with Crippen LogP contribution in [-0.4, -0.2) is 38.0 Å². The minimum absolute atomic E-state index is 0.180. The first kappa shape index (κ1) is 14.8. The van der Waals surface area contributed by atoms with E-state index >= 15 is 0 Å². The largest absolute Gasteiger partial charge is 0.480 e. The Kier molecular flexibility index (Phi) is 4.71. The summed E-state index contributed by atoms with van der Waals surface area (Å²) in [5.41, 5.74) is 1.37. The fraction of sp³-hybridized carbons (Fsp3) is 0.267. The molecule has 0 aromatic carbocycles. The van der Waals surface area contributed by atoms with Gasteiger partial charge in [0.05, 0.1) is 0 Å². The molecule has 0 bridgehead atoms. The number of pyridine rings is 1. The Morgan fingerprint density at radius 3 is 2.62 bits per heavy atom. The number of hydrogen-bond acceptors (Lipinski definition) is 3. The molecular weight excluding hydrogens is 270 g/mol. The maximum absolute atomic E-state index is 12.5. The number of carboxylic acids is 1. The van der Waals surface area contributed by atoms with Crippen molar-refractivity contribution < 1.29 is 14.7 Å². The van der Waals surface area contributed by atoms with E-state index in [1.807, 2.05) is 19.1 Å². The number of carboxylic acid groups (broad SMARTS) is 1. The molecule has 0 aliphatic rings. The first-order chi connectivity index (χ1) is 10.1. The monoisotopic (exact) mass is 287 g/mol. The molecule has 0 spiro atoms. The van der Waals surface area contributed by atoms with Gasteiger partial charge in [0.15, 0.2) is 0 Å². The van der Waals surface area contributed by atoms with E-state index in [1.165, 1.54) is 4.57 Å². The van der Waals surface area contributed by atoms with Gasteiger partial charge in [-0.15, -0.1) is 0 Å². The van der Waals surface area contributed by atoms with Crippen molar-refractivity contribution in [3.05, 3.63) is 54.1 Å². The van der Waals surface area contributed by atoms with Crippen molar-refractivity contribution >= 4 is 11.9 Å². The second-order valence-electron chi connectivity index (χ2n) is 4.59. The molecule has 0 radical (unpaired) electrons. The van der Waals surface area contributed by atoms with Crippen molar-refractivity contribution in [2.75, 3.05) is 6.54 Å². The fourth-order valence-corrected chi connectivity index (χ4v) is 2.09. The highest BCUT2D eigenvalue weighted by Crippen LogP contribution is 2.10. The van der Waals surface area contributed by atoms with Crippen molar-refractivity contribution in [3.8, 4) is 0 Å². The molecule has 0 saturated carbocycles. The van der Waals surface area contributed by atoms with E-state index in [2.05, 4.69) is 4.98 Å². The van der Waals surface area contributed by atoms with Crippen LogP contribution in [0.5, 0.6) is 0 Å². The standard InChI is InChI=1S/C15H17N3O3/c1-2-17(10-12-5-7-16-8-6-12)15(21)13-4-3-9-18(13)11-14(19)20/h3-9H,2,10-11H2,1H3,(H,19,20). The van der Waals surface area contributed by atoms with Crippen LogP contribution in [0.25, 0.3) is 0 Å². The number of nitrogens with zero attached hydrogens (tertiary/aromatic N) is 3. The first-order valence-electron chi connectivity index (χ1n) is 6.67. The Bertz CT molecular complexity index is 622. The molecule has 6 heteroatoms. The van der Waals surface area contributed by atoms with Gasteiger partial charge in [-0.2, -0.15) is 0 Å². The number of carbonyl (C=O) groups excluding carboxylic acids is 1. The average molecular weight is 287 g/mol. The molecule has 0 fully saturated rings. The maximum Gasteiger partial charge on any atom is 0.323 e. The zero-order valence-corrected chi connectivity index (χ0v) is 11.8. The van der Waals surface area contributed by atoms with E-state index in [1.54, 1.807) is 35.6 Å². The molecular formula is C15H17N3O3. The summed E-state index contributed by atoms with van der Waals surface area (Å²) in [4.78, 5) is 29.0. The Labute approximate surface area is 122 Å². The van der Waals surface area contributed by atoms with E-state index in [0.717, 1.165) is 5.56 Å². The van der Waals surface area contributed by atoms with Crippen molar-refractivity contribution in [2.45, 2.75) is 20.0 Å². The second-order valence-corrected chi connectivity index (χ2v) is 4.59. The van der Waals surface area contributed by atoms with Gasteiger partial charge in [-0.1, -0.05) is 0 Å². The van der Waals surface area contributed by atoms with Gasteiger partial charge in [0.25, 0.3) is 5.91 Å². The van der Waals surface area contributed by atoms with Crippen LogP contribution in [0.2, 0.25) is 0 Å². The highest BCUT2D eigenvalue weighted by atomic mass is 16.4. The average Bonchev–Trinajstić information content (AvgIpc) is 2.92. The van der Waals surface area contributed by atoms with Crippen LogP contribution in [-0.2, 0) is 17.9 Å². The zero-order chi connectivity index (χ0) is 15.2. The molecule has 21 heavy (non-hydrogen) atoms. The zero-order valence-electron chi connectivity index (χ0n) is 11.8. The van der Waals surface area contributed by atoms with Gasteiger partial charge >= 0.3 is 5.97 Å². The molecule has 0 saturated heterocycles. The van der Waals surface area contributed by atoms with E-state index in [0.29, 0.717) is 18.8 Å². The van der Waals surface area contributed by atoms with Crippen LogP contribution in [0.4, 0.5) is 0 Å². The van der Waals surface area contributed by atoms with Gasteiger partial charge in [0.1, 0.15) is 12.2 Å². The van der Waals surface area contributed by atoms with E-state index < -0.39 is 5.97 Å². The fourth-order valence-electron chi connectivity index (χ4n) is 2.09. The Balaban J connectivity index is 2.17. The van der Waals surface area contributed by atoms with Gasteiger partial charge in [-0.3, -0.25) is 14.6 Å². The minimum atomic E-state index is -0.975. The van der Waals surface area contributed by atoms with E-state index in [9.17, 15) is 9.59 Å². The molecule has 0 atom stereocenters. The highest BCUT2D eigenvalue weighted by molar-refractivity contribution is 5.93. The minimum Gasteiger partial charge on any atom is -0.480 e. The summed E-state index contributed by atoms with van der Waals surface area (Å²) in [5.74, 6) is -1.15. The Morgan fingerprint density at radius 2 is 2.00 bits per heavy atom. The summed E-state index contributed by atoms with van der Waals surface area (Å²) in [6, 6.07) is 7.02. The maximum atomic E-state index is 12.5. The van der Waals surface area contributed by atoms with Crippen LogP contribution < -0.4 is 0 Å². The normalized spacial score (nSPS) is 10.3. The molecule has 110 valence electrons. The van der Waals surface area contributed by atoms with E-state index in [-0.39, 0.29) is 12.5 Å². The van der Waals surface area contributed by atoms with Crippen LogP contribution in [0.1, 0.15) is 23.0 Å². The second kappa shape index (κ2) is 6.69. The van der Waals surface area contributed by atoms with Crippen molar-refractivity contribution in [3.63, 3.8) is 0 Å². The van der Waals surface area contributed by atoms with Crippen molar-refractivity contribution in [1.29, 1.82) is 0 Å². The van der Waals surface area contributed by atoms with Gasteiger partial charge in [-0.25, -0.2) is 0 Å². The molecule has 2 aromatic heterocycles. The number of aromatic nitrogens is 2. The SMILES string of the molecule is CCN(Cc1ccncc1)C(=O)c1cccn1CC(=O)O. The lowest BCUT2D eigenvalue weighted by Gasteiger charge is -2.21. The summed E-state index contributed by atoms with van der Waals surface area (Å²) in [5, 5.41) is 8.87. The van der Waals surface area contributed by atoms with E-state index in [4.69, 9.17) is 5.11 Å². The quantitative estimate of drug-likeness (QED) is 0.876. The lowest BCUT2D eigenvalue weighted by atomic mass is 10.2. The third-order valence-electron chi connectivity index (χ3n) is 3.15.